The number of aryl methyl sites for hydroxylation is 1. The Kier molecular flexibility index (Phi) is 5.68. The molecule has 29 heavy (non-hydrogen) atoms. The lowest BCUT2D eigenvalue weighted by Gasteiger charge is -2.28. The molecule has 0 bridgehead atoms. The summed E-state index contributed by atoms with van der Waals surface area (Å²) in [5.41, 5.74) is 0.739. The van der Waals surface area contributed by atoms with Crippen molar-refractivity contribution >= 4 is 23.8 Å². The van der Waals surface area contributed by atoms with E-state index in [9.17, 15) is 4.79 Å². The van der Waals surface area contributed by atoms with Gasteiger partial charge in [-0.15, -0.1) is 6.58 Å². The van der Waals surface area contributed by atoms with E-state index in [1.165, 1.54) is 4.90 Å². The number of piperidine rings is 1. The minimum absolute atomic E-state index is 0.0113. The van der Waals surface area contributed by atoms with Crippen LogP contribution >= 0.6 is 12.2 Å². The maximum Gasteiger partial charge on any atom is 0.231 e. The first-order chi connectivity index (χ1) is 14.0. The molecule has 154 valence electrons. The molecule has 0 atom stereocenters. The molecule has 8 nitrogen and oxygen atoms in total. The summed E-state index contributed by atoms with van der Waals surface area (Å²) in [5.74, 6) is 2.35. The number of ether oxygens (including phenoxy) is 2. The Morgan fingerprint density at radius 3 is 2.90 bits per heavy atom. The predicted octanol–water partition coefficient (Wildman–Crippen LogP) is 1.53. The summed E-state index contributed by atoms with van der Waals surface area (Å²) < 4.78 is 15.3. The molecule has 1 aromatic heterocycles. The summed E-state index contributed by atoms with van der Waals surface area (Å²) in [4.78, 5) is 14.1. The number of hydrogen-bond acceptors (Lipinski definition) is 5. The summed E-state index contributed by atoms with van der Waals surface area (Å²) in [5, 5.41) is 7.58. The number of fused-ring (bicyclic) bond motifs is 1. The largest absolute Gasteiger partial charge is 0.454 e. The van der Waals surface area contributed by atoms with Gasteiger partial charge in [0, 0.05) is 37.1 Å². The smallest absolute Gasteiger partial charge is 0.231 e. The number of allylic oxidation sites excluding steroid dienone is 1. The van der Waals surface area contributed by atoms with Gasteiger partial charge in [-0.3, -0.25) is 4.79 Å². The standard InChI is InChI=1S/C20H25N5O3S/c1-3-8-24-14(2)22-25(20(24)29)12-23-9-6-15(7-10-23)19(26)21-16-4-5-17-18(11-16)28-13-27-17/h3-5,11,15H,1,6-10,12-13H2,2H3,(H,21,26)/p+1. The van der Waals surface area contributed by atoms with Crippen molar-refractivity contribution in [3.8, 4) is 11.5 Å². The first-order valence-electron chi connectivity index (χ1n) is 9.84. The number of nitrogens with one attached hydrogen (secondary N) is 2. The minimum Gasteiger partial charge on any atom is -0.454 e. The fourth-order valence-electron chi connectivity index (χ4n) is 3.87. The average molecular weight is 417 g/mol. The second kappa shape index (κ2) is 8.38. The van der Waals surface area contributed by atoms with Crippen molar-refractivity contribution in [3.05, 3.63) is 41.4 Å². The number of amides is 1. The van der Waals surface area contributed by atoms with E-state index < -0.39 is 0 Å². The van der Waals surface area contributed by atoms with E-state index in [-0.39, 0.29) is 18.6 Å². The third-order valence-corrected chi connectivity index (χ3v) is 5.93. The molecule has 2 aliphatic rings. The maximum absolute atomic E-state index is 12.7. The Bertz CT molecular complexity index is 975. The van der Waals surface area contributed by atoms with E-state index in [1.54, 1.807) is 0 Å². The SMILES string of the molecule is C=CCn1c(C)nn(C[NH+]2CCC(C(=O)Nc3ccc4c(c3)OCO4)CC2)c1=S. The molecule has 9 heteroatoms. The highest BCUT2D eigenvalue weighted by Gasteiger charge is 2.28. The molecule has 0 unspecified atom stereocenters. The molecule has 0 spiro atoms. The number of carbonyl (C=O) groups is 1. The van der Waals surface area contributed by atoms with Gasteiger partial charge in [-0.05, 0) is 31.3 Å². The van der Waals surface area contributed by atoms with Gasteiger partial charge in [0.15, 0.2) is 18.2 Å². The Balaban J connectivity index is 1.31. The summed E-state index contributed by atoms with van der Waals surface area (Å²) in [6.45, 7) is 9.17. The lowest BCUT2D eigenvalue weighted by Crippen LogP contribution is -3.12. The molecule has 0 radical (unpaired) electrons. The van der Waals surface area contributed by atoms with Crippen LogP contribution in [0.5, 0.6) is 11.5 Å². The van der Waals surface area contributed by atoms with Crippen LogP contribution in [0, 0.1) is 17.6 Å². The summed E-state index contributed by atoms with van der Waals surface area (Å²) >= 11 is 5.54. The third-order valence-electron chi connectivity index (χ3n) is 5.50. The third kappa shape index (κ3) is 4.20. The summed E-state index contributed by atoms with van der Waals surface area (Å²) in [6.07, 6.45) is 3.50. The van der Waals surface area contributed by atoms with Crippen molar-refractivity contribution in [2.45, 2.75) is 33.0 Å². The van der Waals surface area contributed by atoms with Crippen LogP contribution in [0.1, 0.15) is 18.7 Å². The number of anilines is 1. The molecule has 2 N–H and O–H groups in total. The molecule has 1 saturated heterocycles. The van der Waals surface area contributed by atoms with Crippen LogP contribution in [-0.4, -0.2) is 40.1 Å². The van der Waals surface area contributed by atoms with Crippen molar-refractivity contribution in [2.24, 2.45) is 5.92 Å². The average Bonchev–Trinajstić information content (AvgIpc) is 3.28. The molecular weight excluding hydrogens is 390 g/mol. The Morgan fingerprint density at radius 1 is 1.38 bits per heavy atom. The van der Waals surface area contributed by atoms with Crippen LogP contribution in [0.4, 0.5) is 5.69 Å². The highest BCUT2D eigenvalue weighted by molar-refractivity contribution is 7.71. The molecule has 2 aliphatic heterocycles. The number of nitrogens with zero attached hydrogens (tertiary/aromatic N) is 3. The molecule has 0 saturated carbocycles. The molecule has 0 aliphatic carbocycles. The predicted molar refractivity (Wildman–Crippen MR) is 111 cm³/mol. The fraction of sp³-hybridized carbons (Fsp3) is 0.450. The van der Waals surface area contributed by atoms with Crippen LogP contribution in [0.15, 0.2) is 30.9 Å². The number of carbonyl (C=O) groups excluding carboxylic acids is 1. The first-order valence-corrected chi connectivity index (χ1v) is 10.2. The molecule has 2 aromatic rings. The highest BCUT2D eigenvalue weighted by atomic mass is 32.1. The minimum atomic E-state index is 0.0113. The number of benzene rings is 1. The van der Waals surface area contributed by atoms with Gasteiger partial charge in [-0.1, -0.05) is 6.08 Å². The Hall–Kier alpha value is -2.65. The lowest BCUT2D eigenvalue weighted by atomic mass is 9.96. The van der Waals surface area contributed by atoms with Gasteiger partial charge in [0.25, 0.3) is 0 Å². The van der Waals surface area contributed by atoms with Gasteiger partial charge >= 0.3 is 0 Å². The van der Waals surface area contributed by atoms with Crippen molar-refractivity contribution in [3.63, 3.8) is 0 Å². The van der Waals surface area contributed by atoms with E-state index in [4.69, 9.17) is 21.7 Å². The second-order valence-electron chi connectivity index (χ2n) is 7.47. The van der Waals surface area contributed by atoms with Gasteiger partial charge in [-0.2, -0.15) is 9.78 Å². The lowest BCUT2D eigenvalue weighted by molar-refractivity contribution is -0.928. The second-order valence-corrected chi connectivity index (χ2v) is 7.83. The number of hydrogen-bond donors (Lipinski definition) is 2. The van der Waals surface area contributed by atoms with E-state index in [1.807, 2.05) is 40.4 Å². The number of aromatic nitrogens is 3. The first kappa shape index (κ1) is 19.7. The van der Waals surface area contributed by atoms with Gasteiger partial charge in [0.2, 0.25) is 17.5 Å². The van der Waals surface area contributed by atoms with E-state index in [2.05, 4.69) is 17.0 Å². The highest BCUT2D eigenvalue weighted by Crippen LogP contribution is 2.34. The van der Waals surface area contributed by atoms with Crippen LogP contribution in [0.25, 0.3) is 0 Å². The summed E-state index contributed by atoms with van der Waals surface area (Å²) in [7, 11) is 0. The zero-order valence-corrected chi connectivity index (χ0v) is 17.3. The normalized spacial score (nSPS) is 20.4. The van der Waals surface area contributed by atoms with Crippen LogP contribution in [0.2, 0.25) is 0 Å². The van der Waals surface area contributed by atoms with Gasteiger partial charge < -0.3 is 24.3 Å². The molecular formula is C20H26N5O3S+. The molecule has 1 amide bonds. The van der Waals surface area contributed by atoms with Gasteiger partial charge in [0.1, 0.15) is 5.82 Å². The van der Waals surface area contributed by atoms with Crippen LogP contribution in [0.3, 0.4) is 0 Å². The van der Waals surface area contributed by atoms with E-state index in [0.717, 1.165) is 48.9 Å². The van der Waals surface area contributed by atoms with E-state index in [0.29, 0.717) is 18.0 Å². The Morgan fingerprint density at radius 2 is 2.14 bits per heavy atom. The van der Waals surface area contributed by atoms with Gasteiger partial charge in [-0.25, -0.2) is 0 Å². The van der Waals surface area contributed by atoms with Crippen molar-refractivity contribution in [1.82, 2.24) is 14.3 Å². The quantitative estimate of drug-likeness (QED) is 0.552. The summed E-state index contributed by atoms with van der Waals surface area (Å²) in [6, 6.07) is 5.47. The maximum atomic E-state index is 12.7. The monoisotopic (exact) mass is 416 g/mol. The molecule has 1 fully saturated rings. The topological polar surface area (TPSA) is 74.8 Å². The van der Waals surface area contributed by atoms with Crippen LogP contribution in [-0.2, 0) is 18.0 Å². The Labute approximate surface area is 174 Å². The van der Waals surface area contributed by atoms with Crippen LogP contribution < -0.4 is 19.7 Å². The molecule has 3 heterocycles. The zero-order valence-electron chi connectivity index (χ0n) is 16.5. The number of quaternary nitrogens is 1. The van der Waals surface area contributed by atoms with E-state index >= 15 is 0 Å². The zero-order chi connectivity index (χ0) is 20.4. The molecule has 4 rings (SSSR count). The van der Waals surface area contributed by atoms with Crippen molar-refractivity contribution < 1.29 is 19.2 Å². The molecule has 1 aromatic carbocycles. The number of rotatable bonds is 6. The number of likely N-dealkylation sites (tertiary alicyclic amines) is 1. The fourth-order valence-corrected chi connectivity index (χ4v) is 4.18. The van der Waals surface area contributed by atoms with Crippen molar-refractivity contribution in [1.29, 1.82) is 0 Å². The van der Waals surface area contributed by atoms with Gasteiger partial charge in [0.05, 0.1) is 13.1 Å². The van der Waals surface area contributed by atoms with Crippen molar-refractivity contribution in [2.75, 3.05) is 25.2 Å².